The Hall–Kier alpha value is -0.710. The molecule has 21 heavy (non-hydrogen) atoms. The Labute approximate surface area is 147 Å². The quantitative estimate of drug-likeness (QED) is 0.580. The van der Waals surface area contributed by atoms with Crippen LogP contribution in [-0.4, -0.2) is 6.61 Å². The summed E-state index contributed by atoms with van der Waals surface area (Å²) in [6, 6.07) is 11.8. The van der Waals surface area contributed by atoms with Crippen LogP contribution in [0.15, 0.2) is 45.3 Å². The van der Waals surface area contributed by atoms with Crippen LogP contribution in [0.3, 0.4) is 0 Å². The molecule has 0 unspecified atom stereocenters. The number of anilines is 1. The van der Waals surface area contributed by atoms with Crippen molar-refractivity contribution in [3.05, 3.63) is 55.9 Å². The monoisotopic (exact) mass is 431 g/mol. The summed E-state index contributed by atoms with van der Waals surface area (Å²) in [5, 5.41) is 4.04. The largest absolute Gasteiger partial charge is 0.493 e. The van der Waals surface area contributed by atoms with Crippen molar-refractivity contribution >= 4 is 49.1 Å². The van der Waals surface area contributed by atoms with Crippen molar-refractivity contribution in [2.45, 2.75) is 19.9 Å². The van der Waals surface area contributed by atoms with Gasteiger partial charge in [0.2, 0.25) is 0 Å². The van der Waals surface area contributed by atoms with E-state index in [-0.39, 0.29) is 0 Å². The zero-order valence-electron chi connectivity index (χ0n) is 11.6. The molecule has 5 heteroatoms. The van der Waals surface area contributed by atoms with Gasteiger partial charge in [0.1, 0.15) is 5.75 Å². The number of rotatable bonds is 6. The van der Waals surface area contributed by atoms with Gasteiger partial charge in [-0.2, -0.15) is 0 Å². The molecule has 0 heterocycles. The standard InChI is InChI=1S/C16H16Br2ClNO/c1-2-7-21-16-6-4-12(17)8-11(16)10-20-15-5-3-13(18)9-14(15)19/h3-6,8-9,20H,2,7,10H2,1H3. The third-order valence-corrected chi connectivity index (χ3v) is 4.18. The van der Waals surface area contributed by atoms with Crippen LogP contribution in [-0.2, 0) is 6.54 Å². The lowest BCUT2D eigenvalue weighted by molar-refractivity contribution is 0.314. The Morgan fingerprint density at radius 2 is 1.81 bits per heavy atom. The molecule has 0 amide bonds. The number of hydrogen-bond donors (Lipinski definition) is 1. The van der Waals surface area contributed by atoms with Gasteiger partial charge in [-0.15, -0.1) is 0 Å². The van der Waals surface area contributed by atoms with Crippen LogP contribution in [0.2, 0.25) is 5.02 Å². The van der Waals surface area contributed by atoms with Crippen LogP contribution < -0.4 is 10.1 Å². The second-order valence-corrected chi connectivity index (χ2v) is 6.82. The first-order chi connectivity index (χ1) is 10.1. The molecule has 2 aromatic rings. The minimum Gasteiger partial charge on any atom is -0.493 e. The van der Waals surface area contributed by atoms with E-state index in [4.69, 9.17) is 16.3 Å². The maximum Gasteiger partial charge on any atom is 0.124 e. The van der Waals surface area contributed by atoms with E-state index in [2.05, 4.69) is 50.2 Å². The zero-order chi connectivity index (χ0) is 15.2. The first-order valence-corrected chi connectivity index (χ1v) is 8.66. The van der Waals surface area contributed by atoms with Crippen molar-refractivity contribution in [1.82, 2.24) is 0 Å². The summed E-state index contributed by atoms with van der Waals surface area (Å²) in [7, 11) is 0. The van der Waals surface area contributed by atoms with Gasteiger partial charge in [0.25, 0.3) is 0 Å². The molecule has 0 aromatic heterocycles. The van der Waals surface area contributed by atoms with E-state index in [9.17, 15) is 0 Å². The van der Waals surface area contributed by atoms with Crippen molar-refractivity contribution in [2.75, 3.05) is 11.9 Å². The van der Waals surface area contributed by atoms with Crippen molar-refractivity contribution in [3.63, 3.8) is 0 Å². The summed E-state index contributed by atoms with van der Waals surface area (Å²) in [6.07, 6.45) is 0.988. The van der Waals surface area contributed by atoms with Gasteiger partial charge in [-0.25, -0.2) is 0 Å². The van der Waals surface area contributed by atoms with Crippen LogP contribution >= 0.6 is 43.5 Å². The second-order valence-electron chi connectivity index (χ2n) is 4.58. The van der Waals surface area contributed by atoms with Crippen LogP contribution in [0.25, 0.3) is 0 Å². The summed E-state index contributed by atoms with van der Waals surface area (Å²) in [4.78, 5) is 0. The highest BCUT2D eigenvalue weighted by Crippen LogP contribution is 2.28. The molecule has 0 saturated heterocycles. The average molecular weight is 434 g/mol. The summed E-state index contributed by atoms with van der Waals surface area (Å²) >= 11 is 13.1. The van der Waals surface area contributed by atoms with Crippen molar-refractivity contribution < 1.29 is 4.74 Å². The molecule has 0 spiro atoms. The molecule has 2 nitrogen and oxygen atoms in total. The van der Waals surface area contributed by atoms with Gasteiger partial charge >= 0.3 is 0 Å². The zero-order valence-corrected chi connectivity index (χ0v) is 15.6. The summed E-state index contributed by atoms with van der Waals surface area (Å²) in [5.41, 5.74) is 2.00. The molecule has 0 atom stereocenters. The van der Waals surface area contributed by atoms with E-state index in [1.54, 1.807) is 0 Å². The van der Waals surface area contributed by atoms with E-state index in [0.717, 1.165) is 32.4 Å². The molecule has 0 aliphatic rings. The average Bonchev–Trinajstić information content (AvgIpc) is 2.45. The fourth-order valence-corrected chi connectivity index (χ4v) is 3.01. The lowest BCUT2D eigenvalue weighted by Gasteiger charge is -2.14. The molecular weight excluding hydrogens is 417 g/mol. The first kappa shape index (κ1) is 16.7. The number of hydrogen-bond acceptors (Lipinski definition) is 2. The van der Waals surface area contributed by atoms with E-state index >= 15 is 0 Å². The topological polar surface area (TPSA) is 21.3 Å². The molecule has 0 aliphatic carbocycles. The lowest BCUT2D eigenvalue weighted by atomic mass is 10.2. The maximum atomic E-state index is 6.22. The van der Waals surface area contributed by atoms with Gasteiger partial charge < -0.3 is 10.1 Å². The smallest absolute Gasteiger partial charge is 0.124 e. The number of halogens is 3. The van der Waals surface area contributed by atoms with Crippen molar-refractivity contribution in [1.29, 1.82) is 0 Å². The van der Waals surface area contributed by atoms with Crippen molar-refractivity contribution in [3.8, 4) is 5.75 Å². The molecule has 0 aliphatic heterocycles. The highest BCUT2D eigenvalue weighted by Gasteiger charge is 2.06. The number of benzene rings is 2. The Bertz CT molecular complexity index is 619. The van der Waals surface area contributed by atoms with E-state index in [1.807, 2.05) is 30.3 Å². The Morgan fingerprint density at radius 1 is 1.10 bits per heavy atom. The molecule has 1 N–H and O–H groups in total. The molecule has 0 radical (unpaired) electrons. The minimum absolute atomic E-state index is 0.653. The fourth-order valence-electron chi connectivity index (χ4n) is 1.86. The number of ether oxygens (including phenoxy) is 1. The summed E-state index contributed by atoms with van der Waals surface area (Å²) in [5.74, 6) is 0.904. The highest BCUT2D eigenvalue weighted by atomic mass is 79.9. The lowest BCUT2D eigenvalue weighted by Crippen LogP contribution is -2.04. The molecule has 112 valence electrons. The normalized spacial score (nSPS) is 10.5. The van der Waals surface area contributed by atoms with Gasteiger partial charge in [0, 0.05) is 21.1 Å². The third-order valence-electron chi connectivity index (χ3n) is 2.88. The van der Waals surface area contributed by atoms with Crippen LogP contribution in [0.1, 0.15) is 18.9 Å². The molecular formula is C16H16Br2ClNO. The van der Waals surface area contributed by atoms with Gasteiger partial charge in [0.05, 0.1) is 17.3 Å². The Morgan fingerprint density at radius 3 is 2.52 bits per heavy atom. The predicted molar refractivity (Wildman–Crippen MR) is 96.4 cm³/mol. The Balaban J connectivity index is 2.12. The molecule has 2 rings (SSSR count). The first-order valence-electron chi connectivity index (χ1n) is 6.70. The highest BCUT2D eigenvalue weighted by molar-refractivity contribution is 9.10. The SMILES string of the molecule is CCCOc1ccc(Br)cc1CNc1ccc(Br)cc1Cl. The van der Waals surface area contributed by atoms with E-state index in [1.165, 1.54) is 0 Å². The molecule has 2 aromatic carbocycles. The van der Waals surface area contributed by atoms with Crippen molar-refractivity contribution in [2.24, 2.45) is 0 Å². The minimum atomic E-state index is 0.653. The molecule has 0 saturated carbocycles. The van der Waals surface area contributed by atoms with Gasteiger partial charge in [-0.1, -0.05) is 50.4 Å². The van der Waals surface area contributed by atoms with Gasteiger partial charge in [-0.05, 0) is 42.8 Å². The number of nitrogens with one attached hydrogen (secondary N) is 1. The van der Waals surface area contributed by atoms with E-state index < -0.39 is 0 Å². The molecule has 0 fully saturated rings. The van der Waals surface area contributed by atoms with E-state index in [0.29, 0.717) is 18.2 Å². The van der Waals surface area contributed by atoms with Crippen LogP contribution in [0, 0.1) is 0 Å². The maximum absolute atomic E-state index is 6.22. The van der Waals surface area contributed by atoms with Crippen LogP contribution in [0.5, 0.6) is 5.75 Å². The molecule has 0 bridgehead atoms. The third kappa shape index (κ3) is 4.90. The summed E-state index contributed by atoms with van der Waals surface area (Å²) in [6.45, 7) is 3.46. The fraction of sp³-hybridized carbons (Fsp3) is 0.250. The van der Waals surface area contributed by atoms with Gasteiger partial charge in [-0.3, -0.25) is 0 Å². The summed E-state index contributed by atoms with van der Waals surface area (Å²) < 4.78 is 7.78. The second kappa shape index (κ2) is 8.06. The van der Waals surface area contributed by atoms with Crippen LogP contribution in [0.4, 0.5) is 5.69 Å². The predicted octanol–water partition coefficient (Wildman–Crippen LogP) is 6.27. The van der Waals surface area contributed by atoms with Gasteiger partial charge in [0.15, 0.2) is 0 Å². The Kier molecular flexibility index (Phi) is 6.40.